The van der Waals surface area contributed by atoms with Gasteiger partial charge in [0.05, 0.1) is 6.04 Å². The Bertz CT molecular complexity index is 1170. The Morgan fingerprint density at radius 3 is 2.38 bits per heavy atom. The van der Waals surface area contributed by atoms with E-state index in [4.69, 9.17) is 4.74 Å². The van der Waals surface area contributed by atoms with Crippen molar-refractivity contribution in [1.82, 2.24) is 10.3 Å². The number of phenolic OH excluding ortho intramolecular Hbond substituents is 1. The highest BCUT2D eigenvalue weighted by molar-refractivity contribution is 6.00. The van der Waals surface area contributed by atoms with Crippen molar-refractivity contribution in [2.75, 3.05) is 10.6 Å². The van der Waals surface area contributed by atoms with E-state index in [9.17, 15) is 19.5 Å². The molecule has 3 aromatic rings. The third kappa shape index (κ3) is 5.69. The first-order valence-electron chi connectivity index (χ1n) is 10.9. The number of hydrogen-bond acceptors (Lipinski definition) is 6. The zero-order valence-corrected chi connectivity index (χ0v) is 18.2. The summed E-state index contributed by atoms with van der Waals surface area (Å²) in [5.41, 5.74) is 1.38. The molecule has 9 nitrogen and oxygen atoms in total. The number of aromatic hydroxyl groups is 1. The van der Waals surface area contributed by atoms with Crippen molar-refractivity contribution in [1.29, 1.82) is 0 Å². The third-order valence-electron chi connectivity index (χ3n) is 5.48. The number of rotatable bonds is 6. The van der Waals surface area contributed by atoms with Gasteiger partial charge in [-0.1, -0.05) is 18.2 Å². The number of aromatic nitrogens is 1. The maximum Gasteiger partial charge on any atom is 0.342 e. The van der Waals surface area contributed by atoms with Crippen LogP contribution in [0.4, 0.5) is 16.2 Å². The predicted molar refractivity (Wildman–Crippen MR) is 126 cm³/mol. The second-order valence-corrected chi connectivity index (χ2v) is 7.87. The fourth-order valence-electron chi connectivity index (χ4n) is 3.79. The SMILES string of the molecule is O=C(Nc1ccccc1)Nc1ccc(C(=O)O[C@@H]2CCC[C@H]2NC(=O)c2ccncc2)c(O)c1. The summed E-state index contributed by atoms with van der Waals surface area (Å²) in [6, 6.07) is 15.5. The highest BCUT2D eigenvalue weighted by Crippen LogP contribution is 2.27. The molecule has 4 rings (SSSR count). The smallest absolute Gasteiger partial charge is 0.342 e. The van der Waals surface area contributed by atoms with Crippen molar-refractivity contribution in [3.63, 3.8) is 0 Å². The van der Waals surface area contributed by atoms with Crippen molar-refractivity contribution < 1.29 is 24.2 Å². The van der Waals surface area contributed by atoms with Crippen molar-refractivity contribution in [2.45, 2.75) is 31.4 Å². The standard InChI is InChI=1S/C25H24N4O5/c30-21-15-18(28-25(33)27-17-5-2-1-3-6-17)9-10-19(21)24(32)34-22-8-4-7-20(22)29-23(31)16-11-13-26-14-12-16/h1-3,5-6,9-15,20,22,30H,4,7-8H2,(H,29,31)(H2,27,28,33)/t20-,22-/m1/s1. The Balaban J connectivity index is 1.35. The molecule has 0 saturated heterocycles. The summed E-state index contributed by atoms with van der Waals surface area (Å²) in [6.45, 7) is 0. The van der Waals surface area contributed by atoms with E-state index in [1.54, 1.807) is 36.4 Å². The van der Waals surface area contributed by atoms with Crippen LogP contribution in [-0.4, -0.2) is 40.1 Å². The summed E-state index contributed by atoms with van der Waals surface area (Å²) in [7, 11) is 0. The number of esters is 1. The number of nitrogens with zero attached hydrogens (tertiary/aromatic N) is 1. The van der Waals surface area contributed by atoms with Gasteiger partial charge in [-0.3, -0.25) is 9.78 Å². The molecule has 1 aliphatic rings. The molecule has 1 aromatic heterocycles. The number of hydrogen-bond donors (Lipinski definition) is 4. The molecule has 4 N–H and O–H groups in total. The lowest BCUT2D eigenvalue weighted by molar-refractivity contribution is 0.0247. The number of nitrogens with one attached hydrogen (secondary N) is 3. The topological polar surface area (TPSA) is 130 Å². The lowest BCUT2D eigenvalue weighted by atomic mass is 10.1. The van der Waals surface area contributed by atoms with E-state index in [1.165, 1.54) is 30.6 Å². The first kappa shape index (κ1) is 22.8. The zero-order chi connectivity index (χ0) is 23.9. The Kier molecular flexibility index (Phi) is 7.02. The van der Waals surface area contributed by atoms with E-state index < -0.39 is 18.1 Å². The highest BCUT2D eigenvalue weighted by atomic mass is 16.5. The van der Waals surface area contributed by atoms with Gasteiger partial charge in [0, 0.05) is 35.4 Å². The number of pyridine rings is 1. The number of ether oxygens (including phenoxy) is 1. The van der Waals surface area contributed by atoms with E-state index in [0.29, 0.717) is 29.8 Å². The largest absolute Gasteiger partial charge is 0.507 e. The Morgan fingerprint density at radius 1 is 0.912 bits per heavy atom. The average molecular weight is 460 g/mol. The van der Waals surface area contributed by atoms with Crippen LogP contribution in [0.2, 0.25) is 0 Å². The predicted octanol–water partition coefficient (Wildman–Crippen LogP) is 3.94. The minimum Gasteiger partial charge on any atom is -0.507 e. The van der Waals surface area contributed by atoms with E-state index >= 15 is 0 Å². The van der Waals surface area contributed by atoms with E-state index in [0.717, 1.165) is 6.42 Å². The minimum absolute atomic E-state index is 0.0277. The summed E-state index contributed by atoms with van der Waals surface area (Å²) in [6.07, 6.45) is 4.64. The van der Waals surface area contributed by atoms with Crippen LogP contribution in [0, 0.1) is 0 Å². The molecule has 1 heterocycles. The van der Waals surface area contributed by atoms with Gasteiger partial charge in [-0.25, -0.2) is 9.59 Å². The molecule has 0 unspecified atom stereocenters. The Morgan fingerprint density at radius 2 is 1.65 bits per heavy atom. The second-order valence-electron chi connectivity index (χ2n) is 7.87. The molecule has 1 saturated carbocycles. The number of para-hydroxylation sites is 1. The lowest BCUT2D eigenvalue weighted by Gasteiger charge is -2.21. The van der Waals surface area contributed by atoms with Gasteiger partial charge < -0.3 is 25.8 Å². The number of amides is 3. The maximum atomic E-state index is 12.7. The molecule has 174 valence electrons. The van der Waals surface area contributed by atoms with Crippen LogP contribution in [0.5, 0.6) is 5.75 Å². The summed E-state index contributed by atoms with van der Waals surface area (Å²) in [4.78, 5) is 41.2. The van der Waals surface area contributed by atoms with Gasteiger partial charge in [-0.05, 0) is 55.7 Å². The summed E-state index contributed by atoms with van der Waals surface area (Å²) < 4.78 is 5.60. The third-order valence-corrected chi connectivity index (χ3v) is 5.48. The molecule has 0 bridgehead atoms. The zero-order valence-electron chi connectivity index (χ0n) is 18.2. The normalized spacial score (nSPS) is 16.9. The second kappa shape index (κ2) is 10.5. The van der Waals surface area contributed by atoms with Crippen molar-refractivity contribution in [3.8, 4) is 5.75 Å². The van der Waals surface area contributed by atoms with Crippen molar-refractivity contribution in [2.24, 2.45) is 0 Å². The van der Waals surface area contributed by atoms with Crippen molar-refractivity contribution >= 4 is 29.3 Å². The van der Waals surface area contributed by atoms with Crippen LogP contribution < -0.4 is 16.0 Å². The van der Waals surface area contributed by atoms with E-state index in [-0.39, 0.29) is 23.3 Å². The van der Waals surface area contributed by atoms with Gasteiger partial charge in [-0.2, -0.15) is 0 Å². The molecule has 2 atom stereocenters. The summed E-state index contributed by atoms with van der Waals surface area (Å²) in [5, 5.41) is 18.5. The van der Waals surface area contributed by atoms with Crippen LogP contribution in [0.3, 0.4) is 0 Å². The van der Waals surface area contributed by atoms with Gasteiger partial charge in [0.1, 0.15) is 17.4 Å². The van der Waals surface area contributed by atoms with Crippen LogP contribution in [0.25, 0.3) is 0 Å². The lowest BCUT2D eigenvalue weighted by Crippen LogP contribution is -2.42. The average Bonchev–Trinajstić information content (AvgIpc) is 3.26. The molecule has 1 aliphatic carbocycles. The van der Waals surface area contributed by atoms with Crippen molar-refractivity contribution in [3.05, 3.63) is 84.2 Å². The number of phenols is 1. The van der Waals surface area contributed by atoms with Crippen LogP contribution in [0.1, 0.15) is 40.0 Å². The summed E-state index contributed by atoms with van der Waals surface area (Å²) in [5.74, 6) is -1.28. The number of carbonyl (C=O) groups excluding carboxylic acids is 3. The Labute approximate surface area is 196 Å². The number of carbonyl (C=O) groups is 3. The first-order valence-corrected chi connectivity index (χ1v) is 10.9. The molecule has 0 spiro atoms. The minimum atomic E-state index is -0.701. The Hall–Kier alpha value is -4.40. The fourth-order valence-corrected chi connectivity index (χ4v) is 3.79. The van der Waals surface area contributed by atoms with Gasteiger partial charge in [-0.15, -0.1) is 0 Å². The van der Waals surface area contributed by atoms with Crippen LogP contribution >= 0.6 is 0 Å². The monoisotopic (exact) mass is 460 g/mol. The maximum absolute atomic E-state index is 12.7. The van der Waals surface area contributed by atoms with Crippen LogP contribution in [-0.2, 0) is 4.74 Å². The van der Waals surface area contributed by atoms with Crippen LogP contribution in [0.15, 0.2) is 73.1 Å². The molecule has 0 aliphatic heterocycles. The molecular weight excluding hydrogens is 436 g/mol. The number of benzene rings is 2. The van der Waals surface area contributed by atoms with E-state index in [1.807, 2.05) is 6.07 Å². The molecule has 34 heavy (non-hydrogen) atoms. The molecule has 2 aromatic carbocycles. The molecule has 1 fully saturated rings. The molecule has 9 heteroatoms. The van der Waals surface area contributed by atoms with Gasteiger partial charge in [0.2, 0.25) is 0 Å². The fraction of sp³-hybridized carbons (Fsp3) is 0.200. The number of anilines is 2. The quantitative estimate of drug-likeness (QED) is 0.412. The molecule has 0 radical (unpaired) electrons. The van der Waals surface area contributed by atoms with Gasteiger partial charge in [0.25, 0.3) is 5.91 Å². The van der Waals surface area contributed by atoms with Gasteiger partial charge in [0.15, 0.2) is 0 Å². The van der Waals surface area contributed by atoms with E-state index in [2.05, 4.69) is 20.9 Å². The molecular formula is C25H24N4O5. The number of urea groups is 1. The first-order chi connectivity index (χ1) is 16.5. The van der Waals surface area contributed by atoms with Gasteiger partial charge >= 0.3 is 12.0 Å². The summed E-state index contributed by atoms with van der Waals surface area (Å²) >= 11 is 0. The highest BCUT2D eigenvalue weighted by Gasteiger charge is 2.32. The molecule has 3 amide bonds.